The molecule has 1 rings (SSSR count). The van der Waals surface area contributed by atoms with Gasteiger partial charge in [0.1, 0.15) is 0 Å². The lowest BCUT2D eigenvalue weighted by Crippen LogP contribution is -2.39. The fourth-order valence-corrected chi connectivity index (χ4v) is 2.25. The molecule has 1 unspecified atom stereocenters. The van der Waals surface area contributed by atoms with Gasteiger partial charge in [0.2, 0.25) is 5.91 Å². The molecular formula is C17H28N2O. The van der Waals surface area contributed by atoms with E-state index in [1.807, 2.05) is 18.2 Å². The Bertz CT molecular complexity index is 389. The number of rotatable bonds is 8. The van der Waals surface area contributed by atoms with Crippen LogP contribution in [0.3, 0.4) is 0 Å². The van der Waals surface area contributed by atoms with Crippen molar-refractivity contribution in [1.82, 2.24) is 10.2 Å². The van der Waals surface area contributed by atoms with Crippen LogP contribution in [0.5, 0.6) is 0 Å². The molecule has 3 heteroatoms. The smallest absolute Gasteiger partial charge is 0.234 e. The molecule has 0 aromatic heterocycles. The molecule has 0 saturated heterocycles. The minimum atomic E-state index is 0.121. The molecular weight excluding hydrogens is 248 g/mol. The zero-order chi connectivity index (χ0) is 15.0. The van der Waals surface area contributed by atoms with Gasteiger partial charge in [-0.05, 0) is 23.9 Å². The van der Waals surface area contributed by atoms with Crippen LogP contribution in [-0.2, 0) is 4.79 Å². The molecule has 3 nitrogen and oxygen atoms in total. The third-order valence-corrected chi connectivity index (χ3v) is 3.41. The highest BCUT2D eigenvalue weighted by atomic mass is 16.2. The molecule has 0 aliphatic carbocycles. The normalized spacial score (nSPS) is 12.7. The van der Waals surface area contributed by atoms with Crippen LogP contribution in [0.2, 0.25) is 0 Å². The molecule has 0 radical (unpaired) electrons. The predicted octanol–water partition coefficient (Wildman–Crippen LogP) is 2.88. The maximum atomic E-state index is 12.0. The molecule has 0 fully saturated rings. The molecule has 0 aliphatic rings. The van der Waals surface area contributed by atoms with E-state index in [1.165, 1.54) is 5.56 Å². The molecule has 1 aromatic carbocycles. The summed E-state index contributed by atoms with van der Waals surface area (Å²) in [4.78, 5) is 14.2. The highest BCUT2D eigenvalue weighted by Crippen LogP contribution is 2.12. The van der Waals surface area contributed by atoms with E-state index >= 15 is 0 Å². The number of carbonyl (C=O) groups is 1. The van der Waals surface area contributed by atoms with Crippen molar-refractivity contribution >= 4 is 5.91 Å². The summed E-state index contributed by atoms with van der Waals surface area (Å²) < 4.78 is 0. The largest absolute Gasteiger partial charge is 0.354 e. The molecule has 1 atom stereocenters. The number of likely N-dealkylation sites (N-methyl/N-ethyl adjacent to an activating group) is 1. The Morgan fingerprint density at radius 3 is 2.40 bits per heavy atom. The molecule has 0 heterocycles. The number of benzene rings is 1. The van der Waals surface area contributed by atoms with Crippen molar-refractivity contribution in [3.8, 4) is 0 Å². The molecule has 1 aromatic rings. The van der Waals surface area contributed by atoms with Gasteiger partial charge in [-0.1, -0.05) is 58.0 Å². The van der Waals surface area contributed by atoms with E-state index in [0.29, 0.717) is 24.9 Å². The van der Waals surface area contributed by atoms with E-state index in [-0.39, 0.29) is 5.91 Å². The summed E-state index contributed by atoms with van der Waals surface area (Å²) in [6.07, 6.45) is 0. The summed E-state index contributed by atoms with van der Waals surface area (Å²) in [6.45, 7) is 11.7. The zero-order valence-electron chi connectivity index (χ0n) is 13.2. The van der Waals surface area contributed by atoms with Gasteiger partial charge in [-0.3, -0.25) is 9.69 Å². The van der Waals surface area contributed by atoms with Gasteiger partial charge in [-0.25, -0.2) is 0 Å². The lowest BCUT2D eigenvalue weighted by molar-refractivity contribution is -0.122. The molecule has 0 saturated carbocycles. The first-order valence-electron chi connectivity index (χ1n) is 7.56. The Hall–Kier alpha value is -1.35. The standard InChI is InChI=1S/C17H28N2O/c1-5-19(12-14(2)3)13-17(20)18-11-15(4)16-9-7-6-8-10-16/h6-10,14-15H,5,11-13H2,1-4H3,(H,18,20). The van der Waals surface area contributed by atoms with Crippen molar-refractivity contribution in [2.75, 3.05) is 26.2 Å². The van der Waals surface area contributed by atoms with Crippen LogP contribution >= 0.6 is 0 Å². The lowest BCUT2D eigenvalue weighted by Gasteiger charge is -2.22. The predicted molar refractivity (Wildman–Crippen MR) is 84.8 cm³/mol. The van der Waals surface area contributed by atoms with Crippen LogP contribution in [0.1, 0.15) is 39.2 Å². The Balaban J connectivity index is 2.35. The number of carbonyl (C=O) groups excluding carboxylic acids is 1. The van der Waals surface area contributed by atoms with E-state index in [0.717, 1.165) is 13.1 Å². The van der Waals surface area contributed by atoms with Gasteiger partial charge >= 0.3 is 0 Å². The topological polar surface area (TPSA) is 32.3 Å². The van der Waals surface area contributed by atoms with Gasteiger partial charge in [0, 0.05) is 13.1 Å². The molecule has 1 amide bonds. The zero-order valence-corrected chi connectivity index (χ0v) is 13.2. The van der Waals surface area contributed by atoms with E-state index in [4.69, 9.17) is 0 Å². The fourth-order valence-electron chi connectivity index (χ4n) is 2.25. The van der Waals surface area contributed by atoms with Crippen LogP contribution < -0.4 is 5.32 Å². The van der Waals surface area contributed by atoms with Crippen LogP contribution in [0.25, 0.3) is 0 Å². The average molecular weight is 276 g/mol. The summed E-state index contributed by atoms with van der Waals surface area (Å²) >= 11 is 0. The van der Waals surface area contributed by atoms with Gasteiger partial charge < -0.3 is 5.32 Å². The fraction of sp³-hybridized carbons (Fsp3) is 0.588. The molecule has 1 N–H and O–H groups in total. The molecule has 0 spiro atoms. The highest BCUT2D eigenvalue weighted by Gasteiger charge is 2.12. The van der Waals surface area contributed by atoms with Crippen molar-refractivity contribution < 1.29 is 4.79 Å². The van der Waals surface area contributed by atoms with Crippen molar-refractivity contribution in [2.24, 2.45) is 5.92 Å². The Morgan fingerprint density at radius 1 is 1.20 bits per heavy atom. The summed E-state index contributed by atoms with van der Waals surface area (Å²) in [6, 6.07) is 10.3. The Kier molecular flexibility index (Phi) is 7.31. The monoisotopic (exact) mass is 276 g/mol. The average Bonchev–Trinajstić information content (AvgIpc) is 2.44. The number of nitrogens with one attached hydrogen (secondary N) is 1. The van der Waals surface area contributed by atoms with Crippen LogP contribution in [0, 0.1) is 5.92 Å². The number of hydrogen-bond acceptors (Lipinski definition) is 2. The van der Waals surface area contributed by atoms with Gasteiger partial charge in [0.25, 0.3) is 0 Å². The van der Waals surface area contributed by atoms with Crippen LogP contribution in [0.4, 0.5) is 0 Å². The summed E-state index contributed by atoms with van der Waals surface area (Å²) in [7, 11) is 0. The second-order valence-electron chi connectivity index (χ2n) is 5.84. The third-order valence-electron chi connectivity index (χ3n) is 3.41. The van der Waals surface area contributed by atoms with Crippen LogP contribution in [0.15, 0.2) is 30.3 Å². The molecule has 20 heavy (non-hydrogen) atoms. The van der Waals surface area contributed by atoms with Crippen molar-refractivity contribution in [3.63, 3.8) is 0 Å². The second kappa shape index (κ2) is 8.75. The Labute approximate surface area is 123 Å². The minimum Gasteiger partial charge on any atom is -0.354 e. The quantitative estimate of drug-likeness (QED) is 0.792. The van der Waals surface area contributed by atoms with E-state index < -0.39 is 0 Å². The summed E-state index contributed by atoms with van der Waals surface area (Å²) in [5, 5.41) is 3.04. The van der Waals surface area contributed by atoms with Gasteiger partial charge in [-0.2, -0.15) is 0 Å². The number of nitrogens with zero attached hydrogens (tertiary/aromatic N) is 1. The molecule has 112 valence electrons. The first kappa shape index (κ1) is 16.7. The van der Waals surface area contributed by atoms with Crippen molar-refractivity contribution in [1.29, 1.82) is 0 Å². The number of hydrogen-bond donors (Lipinski definition) is 1. The number of amides is 1. The van der Waals surface area contributed by atoms with Crippen molar-refractivity contribution in [2.45, 2.75) is 33.6 Å². The minimum absolute atomic E-state index is 0.121. The van der Waals surface area contributed by atoms with Crippen LogP contribution in [-0.4, -0.2) is 37.0 Å². The summed E-state index contributed by atoms with van der Waals surface area (Å²) in [5.74, 6) is 1.06. The van der Waals surface area contributed by atoms with Gasteiger partial charge in [0.05, 0.1) is 6.54 Å². The first-order valence-corrected chi connectivity index (χ1v) is 7.56. The first-order chi connectivity index (χ1) is 9.52. The lowest BCUT2D eigenvalue weighted by atomic mass is 10.0. The molecule has 0 bridgehead atoms. The third kappa shape index (κ3) is 6.20. The SMILES string of the molecule is CCN(CC(=O)NCC(C)c1ccccc1)CC(C)C. The maximum absolute atomic E-state index is 12.0. The molecule has 0 aliphatic heterocycles. The second-order valence-corrected chi connectivity index (χ2v) is 5.84. The van der Waals surface area contributed by atoms with E-state index in [9.17, 15) is 4.79 Å². The van der Waals surface area contributed by atoms with Crippen molar-refractivity contribution in [3.05, 3.63) is 35.9 Å². The highest BCUT2D eigenvalue weighted by molar-refractivity contribution is 5.78. The summed E-state index contributed by atoms with van der Waals surface area (Å²) in [5.41, 5.74) is 1.27. The maximum Gasteiger partial charge on any atom is 0.234 e. The van der Waals surface area contributed by atoms with E-state index in [1.54, 1.807) is 0 Å². The van der Waals surface area contributed by atoms with Gasteiger partial charge in [-0.15, -0.1) is 0 Å². The van der Waals surface area contributed by atoms with Gasteiger partial charge in [0.15, 0.2) is 0 Å². The Morgan fingerprint density at radius 2 is 1.85 bits per heavy atom. The van der Waals surface area contributed by atoms with E-state index in [2.05, 4.69) is 50.0 Å².